The van der Waals surface area contributed by atoms with Crippen LogP contribution < -0.4 is 0 Å². The number of rotatable bonds is 4. The molecule has 260 valence electrons. The fraction of sp³-hybridized carbons (Fsp3) is 0. The van der Waals surface area contributed by atoms with Gasteiger partial charge in [-0.1, -0.05) is 109 Å². The fourth-order valence-corrected chi connectivity index (χ4v) is 8.61. The Morgan fingerprint density at radius 1 is 0.250 bits per heavy atom. The van der Waals surface area contributed by atoms with Crippen molar-refractivity contribution < 1.29 is 8.83 Å². The van der Waals surface area contributed by atoms with E-state index in [1.165, 1.54) is 0 Å². The molecule has 3 heterocycles. The van der Waals surface area contributed by atoms with E-state index in [-0.39, 0.29) is 0 Å². The maximum atomic E-state index is 6.12. The number of hydrogen-bond donors (Lipinski definition) is 0. The Balaban J connectivity index is 0.986. The number of furan rings is 2. The van der Waals surface area contributed by atoms with E-state index >= 15 is 0 Å². The van der Waals surface area contributed by atoms with Crippen LogP contribution in [0.5, 0.6) is 0 Å². The van der Waals surface area contributed by atoms with Gasteiger partial charge in [0.2, 0.25) is 0 Å². The van der Waals surface area contributed by atoms with Crippen molar-refractivity contribution in [3.8, 4) is 44.5 Å². The standard InChI is InChI=1S/C52H30N2O2/c1-3-13-47-39(11-1)45-29-37(17-21-49(45)55-47)33-9-5-7-31(25-33)35-15-19-41-43(27-35)44-28-36(16-20-42(44)52-51(41)53-23-24-54-52)32-8-6-10-34(26-32)38-18-22-50-46(30-38)40-12-2-4-14-48(40)56-50/h1-30H. The van der Waals surface area contributed by atoms with Crippen LogP contribution in [-0.4, -0.2) is 9.97 Å². The highest BCUT2D eigenvalue weighted by atomic mass is 16.3. The van der Waals surface area contributed by atoms with E-state index in [4.69, 9.17) is 18.8 Å². The zero-order chi connectivity index (χ0) is 36.7. The second-order valence-corrected chi connectivity index (χ2v) is 14.6. The van der Waals surface area contributed by atoms with Crippen molar-refractivity contribution in [3.05, 3.63) is 182 Å². The summed E-state index contributed by atoms with van der Waals surface area (Å²) in [5.41, 5.74) is 14.7. The first-order chi connectivity index (χ1) is 27.7. The van der Waals surface area contributed by atoms with Gasteiger partial charge in [-0.3, -0.25) is 9.97 Å². The molecule has 4 heteroatoms. The third kappa shape index (κ3) is 4.79. The smallest absolute Gasteiger partial charge is 0.135 e. The molecule has 9 aromatic carbocycles. The van der Waals surface area contributed by atoms with Crippen molar-refractivity contribution in [3.63, 3.8) is 0 Å². The highest BCUT2D eigenvalue weighted by molar-refractivity contribution is 6.24. The number of nitrogens with zero attached hydrogens (tertiary/aromatic N) is 2. The Labute approximate surface area is 320 Å². The molecule has 0 spiro atoms. The molecular weight excluding hydrogens is 685 g/mol. The van der Waals surface area contributed by atoms with Crippen molar-refractivity contribution in [1.82, 2.24) is 9.97 Å². The number of benzene rings is 9. The molecular formula is C52H30N2O2. The molecule has 0 saturated heterocycles. The van der Waals surface area contributed by atoms with Crippen LogP contribution in [0, 0.1) is 0 Å². The zero-order valence-corrected chi connectivity index (χ0v) is 30.0. The summed E-state index contributed by atoms with van der Waals surface area (Å²) in [5, 5.41) is 8.99. The summed E-state index contributed by atoms with van der Waals surface area (Å²) in [6.45, 7) is 0. The molecule has 0 aliphatic heterocycles. The van der Waals surface area contributed by atoms with Gasteiger partial charge in [-0.15, -0.1) is 0 Å². The van der Waals surface area contributed by atoms with Gasteiger partial charge in [0.1, 0.15) is 22.3 Å². The van der Waals surface area contributed by atoms with E-state index in [1.54, 1.807) is 12.4 Å². The van der Waals surface area contributed by atoms with E-state index in [1.807, 2.05) is 24.3 Å². The van der Waals surface area contributed by atoms with Gasteiger partial charge in [0.05, 0.1) is 11.0 Å². The predicted octanol–water partition coefficient (Wildman–Crippen LogP) is 14.4. The molecule has 12 rings (SSSR count). The molecule has 0 bridgehead atoms. The lowest BCUT2D eigenvalue weighted by atomic mass is 9.92. The van der Waals surface area contributed by atoms with Gasteiger partial charge in [-0.2, -0.15) is 0 Å². The largest absolute Gasteiger partial charge is 0.456 e. The minimum atomic E-state index is 0.901. The van der Waals surface area contributed by atoms with Gasteiger partial charge in [0.25, 0.3) is 0 Å². The molecule has 0 N–H and O–H groups in total. The SMILES string of the molecule is c1cc(-c2ccc3oc4ccccc4c3c2)cc(-c2ccc3c(c2)c2cc(-c4cccc(-c5ccc6oc7ccccc7c6c5)c4)ccc2c2nccnc32)c1. The van der Waals surface area contributed by atoms with E-state index < -0.39 is 0 Å². The third-order valence-electron chi connectivity index (χ3n) is 11.3. The molecule has 12 aromatic rings. The molecule has 0 atom stereocenters. The molecule has 0 aliphatic rings. The molecule has 56 heavy (non-hydrogen) atoms. The summed E-state index contributed by atoms with van der Waals surface area (Å²) in [7, 11) is 0. The topological polar surface area (TPSA) is 52.1 Å². The van der Waals surface area contributed by atoms with Crippen molar-refractivity contribution in [1.29, 1.82) is 0 Å². The summed E-state index contributed by atoms with van der Waals surface area (Å²) in [5.74, 6) is 0. The van der Waals surface area contributed by atoms with Gasteiger partial charge in [0, 0.05) is 44.7 Å². The lowest BCUT2D eigenvalue weighted by Gasteiger charge is -2.13. The van der Waals surface area contributed by atoms with Gasteiger partial charge in [-0.05, 0) is 116 Å². The van der Waals surface area contributed by atoms with Crippen LogP contribution in [0.2, 0.25) is 0 Å². The summed E-state index contributed by atoms with van der Waals surface area (Å²) in [6, 6.07) is 60.5. The highest BCUT2D eigenvalue weighted by Gasteiger charge is 2.15. The lowest BCUT2D eigenvalue weighted by molar-refractivity contribution is 0.668. The van der Waals surface area contributed by atoms with Gasteiger partial charge in [0.15, 0.2) is 0 Å². The fourth-order valence-electron chi connectivity index (χ4n) is 8.61. The lowest BCUT2D eigenvalue weighted by Crippen LogP contribution is -1.90. The molecule has 0 saturated carbocycles. The minimum Gasteiger partial charge on any atom is -0.456 e. The molecule has 0 amide bonds. The molecule has 4 nitrogen and oxygen atoms in total. The predicted molar refractivity (Wildman–Crippen MR) is 231 cm³/mol. The average molecular weight is 715 g/mol. The quantitative estimate of drug-likeness (QED) is 0.170. The van der Waals surface area contributed by atoms with Crippen LogP contribution in [-0.2, 0) is 0 Å². The second kappa shape index (κ2) is 12.0. The average Bonchev–Trinajstić information content (AvgIpc) is 3.84. The van der Waals surface area contributed by atoms with E-state index in [2.05, 4.69) is 146 Å². The highest BCUT2D eigenvalue weighted by Crippen LogP contribution is 2.40. The van der Waals surface area contributed by atoms with Crippen molar-refractivity contribution in [2.75, 3.05) is 0 Å². The number of aromatic nitrogens is 2. The molecule has 0 aliphatic carbocycles. The van der Waals surface area contributed by atoms with Crippen molar-refractivity contribution >= 4 is 76.5 Å². The first-order valence-electron chi connectivity index (χ1n) is 18.9. The normalized spacial score (nSPS) is 11.9. The Kier molecular flexibility index (Phi) is 6.60. The molecule has 3 aromatic heterocycles. The maximum Gasteiger partial charge on any atom is 0.135 e. The van der Waals surface area contributed by atoms with Crippen LogP contribution in [0.15, 0.2) is 191 Å². The number of hydrogen-bond acceptors (Lipinski definition) is 4. The summed E-state index contributed by atoms with van der Waals surface area (Å²) < 4.78 is 12.2. The van der Waals surface area contributed by atoms with Gasteiger partial charge in [-0.25, -0.2) is 0 Å². The zero-order valence-electron chi connectivity index (χ0n) is 30.0. The molecule has 0 unspecified atom stereocenters. The van der Waals surface area contributed by atoms with Crippen molar-refractivity contribution in [2.45, 2.75) is 0 Å². The molecule has 0 fully saturated rings. The first-order valence-corrected chi connectivity index (χ1v) is 18.9. The monoisotopic (exact) mass is 714 g/mol. The molecule has 0 radical (unpaired) electrons. The Bertz CT molecular complexity index is 3320. The minimum absolute atomic E-state index is 0.901. The van der Waals surface area contributed by atoms with Crippen molar-refractivity contribution in [2.24, 2.45) is 0 Å². The number of para-hydroxylation sites is 2. The maximum absolute atomic E-state index is 6.12. The van der Waals surface area contributed by atoms with E-state index in [9.17, 15) is 0 Å². The van der Waals surface area contributed by atoms with Gasteiger partial charge < -0.3 is 8.83 Å². The summed E-state index contributed by atoms with van der Waals surface area (Å²) >= 11 is 0. The van der Waals surface area contributed by atoms with Crippen LogP contribution >= 0.6 is 0 Å². The van der Waals surface area contributed by atoms with E-state index in [0.29, 0.717) is 0 Å². The van der Waals surface area contributed by atoms with Crippen LogP contribution in [0.3, 0.4) is 0 Å². The number of fused-ring (bicyclic) bond motifs is 12. The van der Waals surface area contributed by atoms with Gasteiger partial charge >= 0.3 is 0 Å². The Hall–Kier alpha value is -7.56. The summed E-state index contributed by atoms with van der Waals surface area (Å²) in [6.07, 6.45) is 3.57. The Morgan fingerprint density at radius 2 is 0.607 bits per heavy atom. The Morgan fingerprint density at radius 3 is 1.05 bits per heavy atom. The van der Waals surface area contributed by atoms with Crippen LogP contribution in [0.25, 0.3) is 121 Å². The van der Waals surface area contributed by atoms with Crippen LogP contribution in [0.1, 0.15) is 0 Å². The van der Waals surface area contributed by atoms with E-state index in [0.717, 1.165) is 121 Å². The first kappa shape index (κ1) is 30.9. The third-order valence-corrected chi connectivity index (χ3v) is 11.3. The van der Waals surface area contributed by atoms with Crippen LogP contribution in [0.4, 0.5) is 0 Å². The second-order valence-electron chi connectivity index (χ2n) is 14.6. The summed E-state index contributed by atoms with van der Waals surface area (Å²) in [4.78, 5) is 9.69.